The minimum Gasteiger partial charge on any atom is -0.308 e. The van der Waals surface area contributed by atoms with Crippen LogP contribution in [-0.4, -0.2) is 27.0 Å². The second-order valence-electron chi connectivity index (χ2n) is 4.20. The van der Waals surface area contributed by atoms with Gasteiger partial charge in [0.25, 0.3) is 0 Å². The summed E-state index contributed by atoms with van der Waals surface area (Å²) in [4.78, 5) is 0.992. The summed E-state index contributed by atoms with van der Waals surface area (Å²) < 4.78 is 23.5. The minimum atomic E-state index is -3.00. The van der Waals surface area contributed by atoms with E-state index in [0.717, 1.165) is 27.7 Å². The highest BCUT2D eigenvalue weighted by Gasteiger charge is 2.19. The fraction of sp³-hybridized carbons (Fsp3) is 0.636. The average Bonchev–Trinajstić information content (AvgIpc) is 2.52. The third-order valence-corrected chi connectivity index (χ3v) is 4.94. The van der Waals surface area contributed by atoms with Crippen molar-refractivity contribution in [3.63, 3.8) is 0 Å². The summed E-state index contributed by atoms with van der Waals surface area (Å²) >= 11 is 7.47. The molecule has 0 fully saturated rings. The van der Waals surface area contributed by atoms with Gasteiger partial charge in [0.2, 0.25) is 0 Å². The normalized spacial score (nSPS) is 13.9. The molecule has 0 bridgehead atoms. The van der Waals surface area contributed by atoms with Crippen molar-refractivity contribution in [3.05, 3.63) is 20.8 Å². The van der Waals surface area contributed by atoms with E-state index in [0.29, 0.717) is 0 Å². The predicted octanol–water partition coefficient (Wildman–Crippen LogP) is 2.80. The molecule has 1 rings (SSSR count). The number of aryl methyl sites for hydroxylation is 1. The SMILES string of the molecule is CCCNC(CS(C)(=O)=O)c1cc(C)c(Cl)s1. The first-order chi connectivity index (χ1) is 7.83. The lowest BCUT2D eigenvalue weighted by Gasteiger charge is -2.15. The van der Waals surface area contributed by atoms with Crippen molar-refractivity contribution in [2.24, 2.45) is 0 Å². The van der Waals surface area contributed by atoms with E-state index in [1.807, 2.05) is 13.0 Å². The molecular formula is C11H18ClNO2S2. The molecular weight excluding hydrogens is 278 g/mol. The van der Waals surface area contributed by atoms with Gasteiger partial charge in [-0.15, -0.1) is 11.3 Å². The molecule has 3 nitrogen and oxygen atoms in total. The standard InChI is InChI=1S/C11H18ClNO2S2/c1-4-5-13-9(7-17(3,14)15)10-6-8(2)11(12)16-10/h6,9,13H,4-5,7H2,1-3H3. The first-order valence-electron chi connectivity index (χ1n) is 5.50. The van der Waals surface area contributed by atoms with Gasteiger partial charge in [-0.1, -0.05) is 18.5 Å². The Morgan fingerprint density at radius 1 is 1.53 bits per heavy atom. The lowest BCUT2D eigenvalue weighted by molar-refractivity contribution is 0.554. The molecule has 17 heavy (non-hydrogen) atoms. The fourth-order valence-electron chi connectivity index (χ4n) is 1.52. The van der Waals surface area contributed by atoms with Crippen LogP contribution in [0.4, 0.5) is 0 Å². The lowest BCUT2D eigenvalue weighted by Crippen LogP contribution is -2.27. The highest BCUT2D eigenvalue weighted by atomic mass is 35.5. The zero-order chi connectivity index (χ0) is 13.1. The van der Waals surface area contributed by atoms with Crippen molar-refractivity contribution in [3.8, 4) is 0 Å². The largest absolute Gasteiger partial charge is 0.308 e. The van der Waals surface area contributed by atoms with Crippen LogP contribution in [0.25, 0.3) is 0 Å². The summed E-state index contributed by atoms with van der Waals surface area (Å²) in [6, 6.07) is 1.81. The molecule has 98 valence electrons. The Balaban J connectivity index is 2.89. The van der Waals surface area contributed by atoms with Crippen LogP contribution in [-0.2, 0) is 9.84 Å². The molecule has 1 aromatic heterocycles. The van der Waals surface area contributed by atoms with E-state index >= 15 is 0 Å². The third-order valence-electron chi connectivity index (χ3n) is 2.33. The minimum absolute atomic E-state index is 0.114. The highest BCUT2D eigenvalue weighted by molar-refractivity contribution is 7.90. The molecule has 0 aliphatic heterocycles. The van der Waals surface area contributed by atoms with Crippen LogP contribution in [0.5, 0.6) is 0 Å². The number of sulfone groups is 1. The maximum absolute atomic E-state index is 11.4. The fourth-order valence-corrected chi connectivity index (χ4v) is 3.82. The average molecular weight is 296 g/mol. The van der Waals surface area contributed by atoms with Gasteiger partial charge in [-0.25, -0.2) is 8.42 Å². The topological polar surface area (TPSA) is 46.2 Å². The van der Waals surface area contributed by atoms with Gasteiger partial charge in [0.1, 0.15) is 9.84 Å². The van der Waals surface area contributed by atoms with E-state index in [9.17, 15) is 8.42 Å². The van der Waals surface area contributed by atoms with Crippen molar-refractivity contribution < 1.29 is 8.42 Å². The van der Waals surface area contributed by atoms with Gasteiger partial charge in [0.05, 0.1) is 16.1 Å². The van der Waals surface area contributed by atoms with Gasteiger partial charge in [0, 0.05) is 11.1 Å². The summed E-state index contributed by atoms with van der Waals surface area (Å²) in [6.45, 7) is 4.78. The molecule has 0 aliphatic carbocycles. The van der Waals surface area contributed by atoms with Crippen LogP contribution < -0.4 is 5.32 Å². The molecule has 0 radical (unpaired) electrons. The lowest BCUT2D eigenvalue weighted by atomic mass is 10.2. The molecule has 6 heteroatoms. The molecule has 0 spiro atoms. The molecule has 1 heterocycles. The van der Waals surface area contributed by atoms with Crippen molar-refractivity contribution in [2.75, 3.05) is 18.6 Å². The van der Waals surface area contributed by atoms with Gasteiger partial charge in [-0.2, -0.15) is 0 Å². The summed E-state index contributed by atoms with van der Waals surface area (Å²) in [5, 5.41) is 3.26. The molecule has 1 atom stereocenters. The van der Waals surface area contributed by atoms with Gasteiger partial charge in [-0.05, 0) is 31.5 Å². The second kappa shape index (κ2) is 6.18. The highest BCUT2D eigenvalue weighted by Crippen LogP contribution is 2.31. The summed E-state index contributed by atoms with van der Waals surface area (Å²) in [7, 11) is -3.00. The number of halogens is 1. The molecule has 1 N–H and O–H groups in total. The molecule has 1 unspecified atom stereocenters. The molecule has 0 aromatic carbocycles. The Labute approximate surface area is 112 Å². The van der Waals surface area contributed by atoms with E-state index < -0.39 is 9.84 Å². The molecule has 0 saturated carbocycles. The molecule has 0 saturated heterocycles. The van der Waals surface area contributed by atoms with Crippen molar-refractivity contribution in [2.45, 2.75) is 26.3 Å². The van der Waals surface area contributed by atoms with E-state index in [4.69, 9.17) is 11.6 Å². The van der Waals surface area contributed by atoms with Crippen LogP contribution in [0.3, 0.4) is 0 Å². The van der Waals surface area contributed by atoms with Crippen molar-refractivity contribution >= 4 is 32.8 Å². The van der Waals surface area contributed by atoms with Gasteiger partial charge in [0.15, 0.2) is 0 Å². The van der Waals surface area contributed by atoms with Crippen LogP contribution in [0.15, 0.2) is 6.07 Å². The Morgan fingerprint density at radius 3 is 2.59 bits per heavy atom. The number of hydrogen-bond donors (Lipinski definition) is 1. The Hall–Kier alpha value is -0.100. The first-order valence-corrected chi connectivity index (χ1v) is 8.76. The number of hydrogen-bond acceptors (Lipinski definition) is 4. The monoisotopic (exact) mass is 295 g/mol. The maximum Gasteiger partial charge on any atom is 0.149 e. The Bertz CT molecular complexity index is 448. The zero-order valence-corrected chi connectivity index (χ0v) is 12.7. The zero-order valence-electron chi connectivity index (χ0n) is 10.3. The van der Waals surface area contributed by atoms with Gasteiger partial charge >= 0.3 is 0 Å². The summed E-state index contributed by atoms with van der Waals surface area (Å²) in [6.07, 6.45) is 2.23. The molecule has 1 aromatic rings. The number of thiophene rings is 1. The summed E-state index contributed by atoms with van der Waals surface area (Å²) in [5.74, 6) is 0.114. The van der Waals surface area contributed by atoms with Crippen LogP contribution in [0.2, 0.25) is 4.34 Å². The predicted molar refractivity (Wildman–Crippen MR) is 74.8 cm³/mol. The quantitative estimate of drug-likeness (QED) is 0.878. The van der Waals surface area contributed by atoms with Gasteiger partial charge < -0.3 is 5.32 Å². The second-order valence-corrected chi connectivity index (χ2v) is 8.08. The van der Waals surface area contributed by atoms with E-state index in [-0.39, 0.29) is 11.8 Å². The van der Waals surface area contributed by atoms with Crippen molar-refractivity contribution in [1.82, 2.24) is 5.32 Å². The van der Waals surface area contributed by atoms with E-state index in [1.165, 1.54) is 17.6 Å². The maximum atomic E-state index is 11.4. The number of rotatable bonds is 6. The smallest absolute Gasteiger partial charge is 0.149 e. The molecule has 0 amide bonds. The van der Waals surface area contributed by atoms with Crippen LogP contribution >= 0.6 is 22.9 Å². The van der Waals surface area contributed by atoms with Gasteiger partial charge in [-0.3, -0.25) is 0 Å². The van der Waals surface area contributed by atoms with E-state index in [2.05, 4.69) is 12.2 Å². The Kier molecular flexibility index (Phi) is 5.44. The van der Waals surface area contributed by atoms with Crippen LogP contribution in [0.1, 0.15) is 29.8 Å². The van der Waals surface area contributed by atoms with Crippen molar-refractivity contribution in [1.29, 1.82) is 0 Å². The van der Waals surface area contributed by atoms with E-state index in [1.54, 1.807) is 0 Å². The number of nitrogens with one attached hydrogen (secondary N) is 1. The first kappa shape index (κ1) is 15.0. The Morgan fingerprint density at radius 2 is 2.18 bits per heavy atom. The molecule has 0 aliphatic rings. The van der Waals surface area contributed by atoms with Crippen LogP contribution in [0, 0.1) is 6.92 Å². The third kappa shape index (κ3) is 4.95. The summed E-state index contributed by atoms with van der Waals surface area (Å²) in [5.41, 5.74) is 1.00.